The van der Waals surface area contributed by atoms with E-state index >= 15 is 0 Å². The lowest BCUT2D eigenvalue weighted by Gasteiger charge is -2.02. The van der Waals surface area contributed by atoms with Gasteiger partial charge in [-0.2, -0.15) is 0 Å². The molecule has 0 spiro atoms. The Balaban J connectivity index is 2.13. The Labute approximate surface area is 90.0 Å². The first-order valence-electron chi connectivity index (χ1n) is 4.33. The highest BCUT2D eigenvalue weighted by Gasteiger charge is 2.26. The van der Waals surface area contributed by atoms with Crippen LogP contribution in [0.2, 0.25) is 0 Å². The Kier molecular flexibility index (Phi) is 2.59. The molecule has 0 saturated carbocycles. The van der Waals surface area contributed by atoms with Gasteiger partial charge >= 0.3 is 12.1 Å². The number of carbonyl (C=O) groups is 2. The minimum absolute atomic E-state index is 0.291. The molecule has 1 aliphatic rings. The molecule has 15 heavy (non-hydrogen) atoms. The van der Waals surface area contributed by atoms with Crippen LogP contribution >= 0.6 is 11.3 Å². The summed E-state index contributed by atoms with van der Waals surface area (Å²) in [6.07, 6.45) is -0.714. The summed E-state index contributed by atoms with van der Waals surface area (Å²) in [6.45, 7) is 0.444. The molecule has 80 valence electrons. The zero-order chi connectivity index (χ0) is 10.8. The number of alkyl carbamates (subject to hydrolysis) is 1. The van der Waals surface area contributed by atoms with Gasteiger partial charge < -0.3 is 14.8 Å². The zero-order valence-corrected chi connectivity index (χ0v) is 8.80. The summed E-state index contributed by atoms with van der Waals surface area (Å²) in [6, 6.07) is 3.43. The van der Waals surface area contributed by atoms with E-state index in [0.29, 0.717) is 11.4 Å². The molecule has 0 aliphatic carbocycles. The fourth-order valence-corrected chi connectivity index (χ4v) is 2.24. The second kappa shape index (κ2) is 3.90. The number of esters is 1. The predicted octanol–water partition coefficient (Wildman–Crippen LogP) is 1.32. The Morgan fingerprint density at radius 3 is 3.07 bits per heavy atom. The average molecular weight is 227 g/mol. The van der Waals surface area contributed by atoms with Crippen LogP contribution in [0.5, 0.6) is 0 Å². The van der Waals surface area contributed by atoms with Crippen LogP contribution in [0.25, 0.3) is 0 Å². The van der Waals surface area contributed by atoms with E-state index < -0.39 is 6.09 Å². The predicted molar refractivity (Wildman–Crippen MR) is 52.9 cm³/mol. The molecule has 1 aromatic heterocycles. The molecule has 1 aliphatic heterocycles. The summed E-state index contributed by atoms with van der Waals surface area (Å²) in [5, 5.41) is 2.55. The average Bonchev–Trinajstić information content (AvgIpc) is 2.84. The van der Waals surface area contributed by atoms with Crippen molar-refractivity contribution in [3.05, 3.63) is 21.9 Å². The summed E-state index contributed by atoms with van der Waals surface area (Å²) < 4.78 is 9.56. The van der Waals surface area contributed by atoms with Crippen LogP contribution in [-0.2, 0) is 9.47 Å². The summed E-state index contributed by atoms with van der Waals surface area (Å²) in [4.78, 5) is 23.3. The van der Waals surface area contributed by atoms with Crippen molar-refractivity contribution in [2.75, 3.05) is 13.7 Å². The van der Waals surface area contributed by atoms with Crippen molar-refractivity contribution in [1.82, 2.24) is 5.32 Å². The third-order valence-electron chi connectivity index (χ3n) is 2.01. The Bertz CT molecular complexity index is 401. The van der Waals surface area contributed by atoms with Crippen LogP contribution in [0.4, 0.5) is 4.79 Å². The second-order valence-electron chi connectivity index (χ2n) is 2.97. The van der Waals surface area contributed by atoms with Crippen molar-refractivity contribution in [2.24, 2.45) is 0 Å². The van der Waals surface area contributed by atoms with Crippen LogP contribution in [-0.4, -0.2) is 25.7 Å². The molecule has 0 bridgehead atoms. The maximum atomic E-state index is 11.2. The van der Waals surface area contributed by atoms with Gasteiger partial charge in [0.2, 0.25) is 0 Å². The molecule has 0 radical (unpaired) electrons. The van der Waals surface area contributed by atoms with E-state index in [0.717, 1.165) is 4.88 Å². The third kappa shape index (κ3) is 1.94. The molecule has 1 atom stereocenters. The molecule has 1 N–H and O–H groups in total. The van der Waals surface area contributed by atoms with Crippen molar-refractivity contribution in [2.45, 2.75) is 6.10 Å². The summed E-state index contributed by atoms with van der Waals surface area (Å²) in [5.74, 6) is -0.372. The zero-order valence-electron chi connectivity index (χ0n) is 7.98. The number of ether oxygens (including phenoxy) is 2. The monoisotopic (exact) mass is 227 g/mol. The first-order valence-corrected chi connectivity index (χ1v) is 5.15. The number of rotatable bonds is 2. The minimum Gasteiger partial charge on any atom is -0.465 e. The highest BCUT2D eigenvalue weighted by molar-refractivity contribution is 7.14. The van der Waals surface area contributed by atoms with Gasteiger partial charge in [-0.25, -0.2) is 9.59 Å². The van der Waals surface area contributed by atoms with Crippen molar-refractivity contribution < 1.29 is 19.1 Å². The van der Waals surface area contributed by atoms with Gasteiger partial charge in [0.25, 0.3) is 0 Å². The molecule has 2 rings (SSSR count). The molecule has 1 unspecified atom stereocenters. The maximum absolute atomic E-state index is 11.2. The first-order chi connectivity index (χ1) is 7.20. The molecule has 1 aromatic rings. The number of cyclic esters (lactones) is 1. The van der Waals surface area contributed by atoms with E-state index in [1.165, 1.54) is 18.4 Å². The summed E-state index contributed by atoms with van der Waals surface area (Å²) >= 11 is 1.27. The summed E-state index contributed by atoms with van der Waals surface area (Å²) in [7, 11) is 1.33. The van der Waals surface area contributed by atoms with Gasteiger partial charge in [-0.1, -0.05) is 0 Å². The number of nitrogens with one attached hydrogen (secondary N) is 1. The lowest BCUT2D eigenvalue weighted by molar-refractivity contribution is 0.0606. The molecule has 1 fully saturated rings. The lowest BCUT2D eigenvalue weighted by atomic mass is 10.3. The Morgan fingerprint density at radius 2 is 2.47 bits per heavy atom. The summed E-state index contributed by atoms with van der Waals surface area (Å²) in [5.41, 5.74) is 0. The fourth-order valence-electron chi connectivity index (χ4n) is 1.28. The highest BCUT2D eigenvalue weighted by atomic mass is 32.1. The Morgan fingerprint density at radius 1 is 1.67 bits per heavy atom. The number of thiophene rings is 1. The van der Waals surface area contributed by atoms with Gasteiger partial charge in [0, 0.05) is 4.88 Å². The van der Waals surface area contributed by atoms with Crippen LogP contribution in [0.1, 0.15) is 20.7 Å². The van der Waals surface area contributed by atoms with E-state index in [4.69, 9.17) is 4.74 Å². The number of carbonyl (C=O) groups excluding carboxylic acids is 2. The van der Waals surface area contributed by atoms with E-state index in [9.17, 15) is 9.59 Å². The van der Waals surface area contributed by atoms with Crippen LogP contribution in [0.3, 0.4) is 0 Å². The largest absolute Gasteiger partial charge is 0.465 e. The molecule has 2 heterocycles. The van der Waals surface area contributed by atoms with Gasteiger partial charge in [0.05, 0.1) is 13.7 Å². The lowest BCUT2D eigenvalue weighted by Crippen LogP contribution is -2.12. The number of methoxy groups -OCH3 is 1. The molecule has 0 aromatic carbocycles. The van der Waals surface area contributed by atoms with Crippen molar-refractivity contribution >= 4 is 23.4 Å². The smallest absolute Gasteiger partial charge is 0.407 e. The van der Waals surface area contributed by atoms with Gasteiger partial charge in [0.15, 0.2) is 6.10 Å². The molecule has 1 amide bonds. The standard InChI is InChI=1S/C9H9NO4S/c1-13-8(11)7-3-2-6(15-7)5-4-10-9(12)14-5/h2-3,5H,4H2,1H3,(H,10,12). The molecule has 1 saturated heterocycles. The molecule has 5 nitrogen and oxygen atoms in total. The normalized spacial score (nSPS) is 19.5. The highest BCUT2D eigenvalue weighted by Crippen LogP contribution is 2.28. The number of amides is 1. The van der Waals surface area contributed by atoms with E-state index in [2.05, 4.69) is 10.1 Å². The van der Waals surface area contributed by atoms with Crippen molar-refractivity contribution in [1.29, 1.82) is 0 Å². The third-order valence-corrected chi connectivity index (χ3v) is 3.17. The molecular weight excluding hydrogens is 218 g/mol. The van der Waals surface area contributed by atoms with Crippen LogP contribution < -0.4 is 5.32 Å². The Hall–Kier alpha value is -1.56. The van der Waals surface area contributed by atoms with E-state index in [1.807, 2.05) is 0 Å². The van der Waals surface area contributed by atoms with E-state index in [-0.39, 0.29) is 12.1 Å². The minimum atomic E-state index is -0.423. The first kappa shape index (κ1) is 9.97. The van der Waals surface area contributed by atoms with Gasteiger partial charge in [0.1, 0.15) is 4.88 Å². The SMILES string of the molecule is COC(=O)c1ccc(C2CNC(=O)O2)s1. The number of hydrogen-bond donors (Lipinski definition) is 1. The van der Waals surface area contributed by atoms with Crippen molar-refractivity contribution in [3.8, 4) is 0 Å². The topological polar surface area (TPSA) is 64.6 Å². The number of hydrogen-bond acceptors (Lipinski definition) is 5. The van der Waals surface area contributed by atoms with Crippen LogP contribution in [0, 0.1) is 0 Å². The second-order valence-corrected chi connectivity index (χ2v) is 4.08. The maximum Gasteiger partial charge on any atom is 0.407 e. The van der Waals surface area contributed by atoms with Gasteiger partial charge in [-0.15, -0.1) is 11.3 Å². The quantitative estimate of drug-likeness (QED) is 0.774. The van der Waals surface area contributed by atoms with E-state index in [1.54, 1.807) is 12.1 Å². The fraction of sp³-hybridized carbons (Fsp3) is 0.333. The van der Waals surface area contributed by atoms with Gasteiger partial charge in [-0.3, -0.25) is 0 Å². The molecule has 6 heteroatoms. The van der Waals surface area contributed by atoms with Gasteiger partial charge in [-0.05, 0) is 12.1 Å². The van der Waals surface area contributed by atoms with Crippen molar-refractivity contribution in [3.63, 3.8) is 0 Å². The van der Waals surface area contributed by atoms with Crippen LogP contribution in [0.15, 0.2) is 12.1 Å². The molecular formula is C9H9NO4S.